The van der Waals surface area contributed by atoms with Crippen LogP contribution in [0.2, 0.25) is 5.02 Å². The Balaban J connectivity index is 1.81. The second-order valence-corrected chi connectivity index (χ2v) is 7.79. The second-order valence-electron chi connectivity index (χ2n) is 5.20. The summed E-state index contributed by atoms with van der Waals surface area (Å²) in [7, 11) is -3.31. The predicted molar refractivity (Wildman–Crippen MR) is 91.8 cm³/mol. The minimum atomic E-state index is -3.31. The third-order valence-corrected chi connectivity index (χ3v) is 5.27. The van der Waals surface area contributed by atoms with Crippen LogP contribution in [0.15, 0.2) is 54.6 Å². The molecule has 0 saturated carbocycles. The lowest BCUT2D eigenvalue weighted by Gasteiger charge is -2.07. The average molecular weight is 352 g/mol. The lowest BCUT2D eigenvalue weighted by atomic mass is 10.2. The van der Waals surface area contributed by atoms with Gasteiger partial charge < -0.3 is 5.32 Å². The van der Waals surface area contributed by atoms with Gasteiger partial charge in [0, 0.05) is 18.0 Å². The Labute approximate surface area is 141 Å². The van der Waals surface area contributed by atoms with E-state index in [4.69, 9.17) is 11.6 Å². The Bertz CT molecular complexity index is 760. The molecule has 0 radical (unpaired) electrons. The molecule has 0 aromatic heterocycles. The lowest BCUT2D eigenvalue weighted by molar-refractivity contribution is -0.120. The smallest absolute Gasteiger partial charge is 0.221 e. The maximum absolute atomic E-state index is 12.0. The van der Waals surface area contributed by atoms with Crippen LogP contribution >= 0.6 is 11.6 Å². The van der Waals surface area contributed by atoms with Gasteiger partial charge in [0.25, 0.3) is 0 Å². The first-order valence-electron chi connectivity index (χ1n) is 7.21. The van der Waals surface area contributed by atoms with Crippen LogP contribution in [0.3, 0.4) is 0 Å². The number of sulfone groups is 1. The summed E-state index contributed by atoms with van der Waals surface area (Å²) in [6.07, 6.45) is -0.0559. The number of benzene rings is 2. The van der Waals surface area contributed by atoms with E-state index in [1.165, 1.54) is 0 Å². The second kappa shape index (κ2) is 8.13. The average Bonchev–Trinajstić information content (AvgIpc) is 2.53. The summed E-state index contributed by atoms with van der Waals surface area (Å²) in [4.78, 5) is 11.8. The first-order chi connectivity index (χ1) is 11.0. The summed E-state index contributed by atoms with van der Waals surface area (Å²) >= 11 is 6.00. The number of hydrogen-bond donors (Lipinski definition) is 1. The summed E-state index contributed by atoms with van der Waals surface area (Å²) in [5.74, 6) is -0.524. The van der Waals surface area contributed by atoms with Crippen molar-refractivity contribution in [2.75, 3.05) is 5.75 Å². The van der Waals surface area contributed by atoms with Gasteiger partial charge in [0.2, 0.25) is 5.91 Å². The minimum Gasteiger partial charge on any atom is -0.352 e. The fourth-order valence-electron chi connectivity index (χ4n) is 2.07. The monoisotopic (exact) mass is 351 g/mol. The standard InChI is InChI=1S/C17H18ClNO3S/c18-16-9-5-4-8-15(16)12-19-17(20)10-11-23(21,22)13-14-6-2-1-3-7-14/h1-9H,10-13H2,(H,19,20). The highest BCUT2D eigenvalue weighted by molar-refractivity contribution is 7.90. The Morgan fingerprint density at radius 3 is 2.35 bits per heavy atom. The molecule has 2 aromatic rings. The highest BCUT2D eigenvalue weighted by Gasteiger charge is 2.14. The van der Waals surface area contributed by atoms with Crippen LogP contribution < -0.4 is 5.32 Å². The molecule has 0 aliphatic heterocycles. The summed E-state index contributed by atoms with van der Waals surface area (Å²) in [5, 5.41) is 3.26. The molecule has 0 bridgehead atoms. The van der Waals surface area contributed by atoms with Crippen LogP contribution in [0.5, 0.6) is 0 Å². The van der Waals surface area contributed by atoms with Crippen LogP contribution in [0, 0.1) is 0 Å². The van der Waals surface area contributed by atoms with Crippen LogP contribution in [0.4, 0.5) is 0 Å². The van der Waals surface area contributed by atoms with Gasteiger partial charge in [0.1, 0.15) is 0 Å². The highest BCUT2D eigenvalue weighted by atomic mass is 35.5. The van der Waals surface area contributed by atoms with Crippen molar-refractivity contribution in [3.63, 3.8) is 0 Å². The maximum Gasteiger partial charge on any atom is 0.221 e. The molecule has 0 spiro atoms. The Morgan fingerprint density at radius 1 is 1.00 bits per heavy atom. The summed E-state index contributed by atoms with van der Waals surface area (Å²) in [5.41, 5.74) is 1.53. The van der Waals surface area contributed by atoms with E-state index in [9.17, 15) is 13.2 Å². The fraction of sp³-hybridized carbons (Fsp3) is 0.235. The van der Waals surface area contributed by atoms with Crippen molar-refractivity contribution < 1.29 is 13.2 Å². The van der Waals surface area contributed by atoms with E-state index in [1.54, 1.807) is 30.3 Å². The Morgan fingerprint density at radius 2 is 1.65 bits per heavy atom. The molecule has 6 heteroatoms. The summed E-state index contributed by atoms with van der Waals surface area (Å²) in [6, 6.07) is 16.1. The van der Waals surface area contributed by atoms with Gasteiger partial charge in [-0.2, -0.15) is 0 Å². The van der Waals surface area contributed by atoms with Crippen molar-refractivity contribution >= 4 is 27.3 Å². The number of carbonyl (C=O) groups excluding carboxylic acids is 1. The first kappa shape index (κ1) is 17.5. The van der Waals surface area contributed by atoms with Gasteiger partial charge in [-0.3, -0.25) is 4.79 Å². The largest absolute Gasteiger partial charge is 0.352 e. The van der Waals surface area contributed by atoms with Gasteiger partial charge in [0.05, 0.1) is 11.5 Å². The molecule has 0 aliphatic carbocycles. The van der Waals surface area contributed by atoms with Crippen LogP contribution in [0.25, 0.3) is 0 Å². The van der Waals surface area contributed by atoms with Crippen molar-refractivity contribution in [2.45, 2.75) is 18.7 Å². The number of amides is 1. The van der Waals surface area contributed by atoms with E-state index in [1.807, 2.05) is 24.3 Å². The van der Waals surface area contributed by atoms with E-state index in [0.29, 0.717) is 5.02 Å². The molecule has 122 valence electrons. The van der Waals surface area contributed by atoms with E-state index in [2.05, 4.69) is 5.32 Å². The van der Waals surface area contributed by atoms with Gasteiger partial charge in [-0.25, -0.2) is 8.42 Å². The van der Waals surface area contributed by atoms with Crippen LogP contribution in [-0.2, 0) is 26.9 Å². The van der Waals surface area contributed by atoms with Crippen LogP contribution in [-0.4, -0.2) is 20.1 Å². The quantitative estimate of drug-likeness (QED) is 0.834. The summed E-state index contributed by atoms with van der Waals surface area (Å²) < 4.78 is 24.1. The third-order valence-electron chi connectivity index (χ3n) is 3.30. The van der Waals surface area contributed by atoms with Crippen molar-refractivity contribution in [3.05, 3.63) is 70.7 Å². The zero-order valence-electron chi connectivity index (χ0n) is 12.5. The van der Waals surface area contributed by atoms with Crippen molar-refractivity contribution in [1.29, 1.82) is 0 Å². The van der Waals surface area contributed by atoms with Gasteiger partial charge in [-0.05, 0) is 17.2 Å². The zero-order chi connectivity index (χ0) is 16.7. The minimum absolute atomic E-state index is 0.0500. The molecule has 0 aliphatic rings. The molecule has 4 nitrogen and oxygen atoms in total. The molecular formula is C17H18ClNO3S. The van der Waals surface area contributed by atoms with E-state index < -0.39 is 9.84 Å². The van der Waals surface area contributed by atoms with E-state index in [-0.39, 0.29) is 30.4 Å². The normalized spacial score (nSPS) is 11.2. The third kappa shape index (κ3) is 6.04. The molecular weight excluding hydrogens is 334 g/mol. The molecule has 0 heterocycles. The number of halogens is 1. The van der Waals surface area contributed by atoms with Gasteiger partial charge in [-0.1, -0.05) is 60.1 Å². The van der Waals surface area contributed by atoms with E-state index in [0.717, 1.165) is 11.1 Å². The predicted octanol–water partition coefficient (Wildman–Crippen LogP) is 2.96. The Hall–Kier alpha value is -1.85. The number of rotatable bonds is 7. The van der Waals surface area contributed by atoms with E-state index >= 15 is 0 Å². The molecule has 0 atom stereocenters. The molecule has 1 N–H and O–H groups in total. The number of carbonyl (C=O) groups is 1. The maximum atomic E-state index is 12.0. The van der Waals surface area contributed by atoms with Gasteiger partial charge in [-0.15, -0.1) is 0 Å². The first-order valence-corrected chi connectivity index (χ1v) is 9.41. The molecule has 0 unspecified atom stereocenters. The Kier molecular flexibility index (Phi) is 6.19. The topological polar surface area (TPSA) is 63.2 Å². The molecule has 23 heavy (non-hydrogen) atoms. The molecule has 2 aromatic carbocycles. The molecule has 0 fully saturated rings. The van der Waals surface area contributed by atoms with Gasteiger partial charge >= 0.3 is 0 Å². The highest BCUT2D eigenvalue weighted by Crippen LogP contribution is 2.14. The van der Waals surface area contributed by atoms with Crippen molar-refractivity contribution in [3.8, 4) is 0 Å². The number of nitrogens with one attached hydrogen (secondary N) is 1. The van der Waals surface area contributed by atoms with Crippen molar-refractivity contribution in [1.82, 2.24) is 5.32 Å². The van der Waals surface area contributed by atoms with Gasteiger partial charge in [0.15, 0.2) is 9.84 Å². The molecule has 0 saturated heterocycles. The van der Waals surface area contributed by atoms with Crippen LogP contribution in [0.1, 0.15) is 17.5 Å². The SMILES string of the molecule is O=C(CCS(=O)(=O)Cc1ccccc1)NCc1ccccc1Cl. The summed E-state index contributed by atoms with van der Waals surface area (Å²) in [6.45, 7) is 0.289. The fourth-order valence-corrected chi connectivity index (χ4v) is 3.62. The molecule has 2 rings (SSSR count). The zero-order valence-corrected chi connectivity index (χ0v) is 14.1. The number of hydrogen-bond acceptors (Lipinski definition) is 3. The van der Waals surface area contributed by atoms with Crippen molar-refractivity contribution in [2.24, 2.45) is 0 Å². The lowest BCUT2D eigenvalue weighted by Crippen LogP contribution is -2.25. The molecule has 1 amide bonds.